The maximum atomic E-state index is 11.9. The molecule has 0 radical (unpaired) electrons. The fraction of sp³-hybridized carbons (Fsp3) is 0.632. The Balaban J connectivity index is 0.00000420. The maximum Gasteiger partial charge on any atom is 0.211 e. The first-order chi connectivity index (χ1) is 13.3. The minimum absolute atomic E-state index is 0. The molecule has 0 aliphatic carbocycles. The molecule has 1 aromatic rings. The number of halogens is 1. The van der Waals surface area contributed by atoms with E-state index in [9.17, 15) is 8.42 Å². The summed E-state index contributed by atoms with van der Waals surface area (Å²) >= 11 is 0. The van der Waals surface area contributed by atoms with E-state index in [1.165, 1.54) is 6.26 Å². The summed E-state index contributed by atoms with van der Waals surface area (Å²) in [6.07, 6.45) is 3.00. The average molecular weight is 540 g/mol. The van der Waals surface area contributed by atoms with Gasteiger partial charge in [-0.05, 0) is 31.4 Å². The molecule has 1 atom stereocenters. The first kappa shape index (κ1) is 25.9. The largest absolute Gasteiger partial charge is 0.491 e. The third-order valence-corrected chi connectivity index (χ3v) is 6.02. The number of nitrogens with one attached hydrogen (secondary N) is 2. The van der Waals surface area contributed by atoms with Crippen molar-refractivity contribution >= 4 is 40.0 Å². The fourth-order valence-corrected chi connectivity index (χ4v) is 4.42. The molecular formula is C19H33IN4O4S. The molecule has 0 aromatic heterocycles. The van der Waals surface area contributed by atoms with Gasteiger partial charge in [0.05, 0.1) is 12.9 Å². The van der Waals surface area contributed by atoms with Gasteiger partial charge in [-0.15, -0.1) is 24.0 Å². The molecule has 0 unspecified atom stereocenters. The Kier molecular flexibility index (Phi) is 11.2. The molecule has 1 aliphatic rings. The number of aliphatic imine (C=N–C) groups is 1. The highest BCUT2D eigenvalue weighted by atomic mass is 127. The smallest absolute Gasteiger partial charge is 0.211 e. The molecule has 1 aliphatic heterocycles. The number of aryl methyl sites for hydroxylation is 1. The molecule has 2 rings (SSSR count). The average Bonchev–Trinajstić information content (AvgIpc) is 3.12. The zero-order chi connectivity index (χ0) is 20.6. The lowest BCUT2D eigenvalue weighted by Crippen LogP contribution is -2.46. The third kappa shape index (κ3) is 8.27. The van der Waals surface area contributed by atoms with Crippen molar-refractivity contribution in [3.05, 3.63) is 29.3 Å². The number of methoxy groups -OCH3 is 1. The van der Waals surface area contributed by atoms with E-state index in [2.05, 4.69) is 15.6 Å². The molecule has 0 spiro atoms. The molecule has 0 saturated carbocycles. The van der Waals surface area contributed by atoms with Gasteiger partial charge in [0, 0.05) is 45.4 Å². The quantitative estimate of drug-likeness (QED) is 0.215. The monoisotopic (exact) mass is 540 g/mol. The number of nitrogens with zero attached hydrogens (tertiary/aromatic N) is 2. The first-order valence-electron chi connectivity index (χ1n) is 9.47. The molecule has 1 fully saturated rings. The summed E-state index contributed by atoms with van der Waals surface area (Å²) in [6, 6.07) is 6.03. The van der Waals surface area contributed by atoms with E-state index < -0.39 is 10.0 Å². The number of guanidine groups is 1. The van der Waals surface area contributed by atoms with Crippen LogP contribution in [-0.2, 0) is 21.3 Å². The summed E-state index contributed by atoms with van der Waals surface area (Å²) in [4.78, 5) is 4.24. The van der Waals surface area contributed by atoms with Crippen molar-refractivity contribution in [2.75, 3.05) is 46.7 Å². The molecule has 29 heavy (non-hydrogen) atoms. The lowest BCUT2D eigenvalue weighted by Gasteiger charge is -2.23. The van der Waals surface area contributed by atoms with Crippen LogP contribution in [0.1, 0.15) is 24.0 Å². The summed E-state index contributed by atoms with van der Waals surface area (Å²) in [5.74, 6) is 1.45. The molecular weight excluding hydrogens is 507 g/mol. The highest BCUT2D eigenvalue weighted by molar-refractivity contribution is 14.0. The number of ether oxygens (including phenoxy) is 2. The lowest BCUT2D eigenvalue weighted by molar-refractivity contribution is 0.145. The van der Waals surface area contributed by atoms with Gasteiger partial charge in [-0.1, -0.05) is 12.1 Å². The summed E-state index contributed by atoms with van der Waals surface area (Å²) in [5.41, 5.74) is 2.14. The molecule has 0 amide bonds. The molecule has 1 heterocycles. The predicted octanol–water partition coefficient (Wildman–Crippen LogP) is 1.73. The van der Waals surface area contributed by atoms with Crippen molar-refractivity contribution in [2.24, 2.45) is 4.99 Å². The number of hydrogen-bond donors (Lipinski definition) is 2. The number of benzene rings is 1. The van der Waals surface area contributed by atoms with Gasteiger partial charge in [-0.3, -0.25) is 4.99 Å². The van der Waals surface area contributed by atoms with E-state index in [0.717, 1.165) is 29.7 Å². The maximum absolute atomic E-state index is 11.9. The molecule has 166 valence electrons. The third-order valence-electron chi connectivity index (χ3n) is 4.69. The van der Waals surface area contributed by atoms with Crippen LogP contribution in [0.3, 0.4) is 0 Å². The Bertz CT molecular complexity index is 773. The van der Waals surface area contributed by atoms with Crippen LogP contribution in [0.15, 0.2) is 23.2 Å². The zero-order valence-electron chi connectivity index (χ0n) is 17.6. The number of rotatable bonds is 9. The summed E-state index contributed by atoms with van der Waals surface area (Å²) < 4.78 is 36.2. The Morgan fingerprint density at radius 3 is 2.72 bits per heavy atom. The van der Waals surface area contributed by atoms with E-state index >= 15 is 0 Å². The topological polar surface area (TPSA) is 92.3 Å². The van der Waals surface area contributed by atoms with Crippen molar-refractivity contribution in [2.45, 2.75) is 32.4 Å². The normalized spacial score (nSPS) is 17.7. The SMILES string of the molecule is CN=C(NCc1ccc(C)cc1OCCOC)NC[C@H]1CCCN1S(C)(=O)=O.I. The van der Waals surface area contributed by atoms with Gasteiger partial charge in [0.25, 0.3) is 0 Å². The minimum Gasteiger partial charge on any atom is -0.491 e. The summed E-state index contributed by atoms with van der Waals surface area (Å²) in [6.45, 7) is 4.70. The summed E-state index contributed by atoms with van der Waals surface area (Å²) in [5, 5.41) is 6.51. The van der Waals surface area contributed by atoms with E-state index in [1.54, 1.807) is 18.5 Å². The van der Waals surface area contributed by atoms with Crippen LogP contribution in [0.5, 0.6) is 5.75 Å². The molecule has 10 heteroatoms. The van der Waals surface area contributed by atoms with Crippen molar-refractivity contribution < 1.29 is 17.9 Å². The second-order valence-corrected chi connectivity index (χ2v) is 8.86. The Hall–Kier alpha value is -1.11. The van der Waals surface area contributed by atoms with Gasteiger partial charge in [0.15, 0.2) is 5.96 Å². The van der Waals surface area contributed by atoms with Crippen LogP contribution < -0.4 is 15.4 Å². The van der Waals surface area contributed by atoms with Crippen molar-refractivity contribution in [3.63, 3.8) is 0 Å². The van der Waals surface area contributed by atoms with Gasteiger partial charge in [-0.2, -0.15) is 4.31 Å². The lowest BCUT2D eigenvalue weighted by atomic mass is 10.1. The Morgan fingerprint density at radius 2 is 2.07 bits per heavy atom. The second-order valence-electron chi connectivity index (χ2n) is 6.93. The Morgan fingerprint density at radius 1 is 1.31 bits per heavy atom. The van der Waals surface area contributed by atoms with Gasteiger partial charge < -0.3 is 20.1 Å². The number of sulfonamides is 1. The zero-order valence-corrected chi connectivity index (χ0v) is 20.7. The molecule has 8 nitrogen and oxygen atoms in total. The van der Waals surface area contributed by atoms with E-state index in [1.807, 2.05) is 25.1 Å². The van der Waals surface area contributed by atoms with Gasteiger partial charge in [0.2, 0.25) is 10.0 Å². The highest BCUT2D eigenvalue weighted by Crippen LogP contribution is 2.21. The van der Waals surface area contributed by atoms with Gasteiger partial charge in [-0.25, -0.2) is 8.42 Å². The van der Waals surface area contributed by atoms with Gasteiger partial charge in [0.1, 0.15) is 12.4 Å². The van der Waals surface area contributed by atoms with E-state index in [0.29, 0.717) is 38.8 Å². The Labute approximate surface area is 191 Å². The molecule has 2 N–H and O–H groups in total. The minimum atomic E-state index is -3.18. The van der Waals surface area contributed by atoms with E-state index in [4.69, 9.17) is 9.47 Å². The molecule has 0 bridgehead atoms. The van der Waals surface area contributed by atoms with Crippen molar-refractivity contribution in [1.82, 2.24) is 14.9 Å². The van der Waals surface area contributed by atoms with Crippen LogP contribution in [0.2, 0.25) is 0 Å². The molecule has 1 saturated heterocycles. The van der Waals surface area contributed by atoms with Crippen molar-refractivity contribution in [3.8, 4) is 5.75 Å². The van der Waals surface area contributed by atoms with Crippen molar-refractivity contribution in [1.29, 1.82) is 0 Å². The molecule has 1 aromatic carbocycles. The van der Waals surface area contributed by atoms with Crippen LogP contribution >= 0.6 is 24.0 Å². The second kappa shape index (κ2) is 12.6. The first-order valence-corrected chi connectivity index (χ1v) is 11.3. The highest BCUT2D eigenvalue weighted by Gasteiger charge is 2.31. The predicted molar refractivity (Wildman–Crippen MR) is 127 cm³/mol. The fourth-order valence-electron chi connectivity index (χ4n) is 3.24. The van der Waals surface area contributed by atoms with Gasteiger partial charge >= 0.3 is 0 Å². The summed E-state index contributed by atoms with van der Waals surface area (Å²) in [7, 11) is 0.168. The van der Waals surface area contributed by atoms with Crippen LogP contribution in [0, 0.1) is 6.92 Å². The van der Waals surface area contributed by atoms with Crippen LogP contribution in [0.4, 0.5) is 0 Å². The number of hydrogen-bond acceptors (Lipinski definition) is 5. The van der Waals surface area contributed by atoms with Crippen LogP contribution in [-0.4, -0.2) is 71.4 Å². The van der Waals surface area contributed by atoms with E-state index in [-0.39, 0.29) is 30.0 Å². The van der Waals surface area contributed by atoms with Crippen LogP contribution in [0.25, 0.3) is 0 Å². The standard InChI is InChI=1S/C19H32N4O4S.HI/c1-15-7-8-16(18(12-15)27-11-10-26-3)13-21-19(20-2)22-14-17-6-5-9-23(17)28(4,24)25;/h7-8,12,17H,5-6,9-11,13-14H2,1-4H3,(H2,20,21,22);1H/t17-;/m1./s1.